The molecule has 2 heterocycles. The molecule has 6 rings (SSSR count). The van der Waals surface area contributed by atoms with Crippen LogP contribution < -0.4 is 0 Å². The molecule has 0 radical (unpaired) electrons. The van der Waals surface area contributed by atoms with Crippen molar-refractivity contribution in [3.8, 4) is 28.7 Å². The summed E-state index contributed by atoms with van der Waals surface area (Å²) in [6, 6.07) is 16.7. The highest BCUT2D eigenvalue weighted by Crippen LogP contribution is 2.52. The lowest BCUT2D eigenvalue weighted by Crippen LogP contribution is -2.47. The average Bonchev–Trinajstić information content (AvgIpc) is 2.94. The van der Waals surface area contributed by atoms with E-state index < -0.39 is 5.41 Å². The van der Waals surface area contributed by atoms with Crippen LogP contribution in [0.1, 0.15) is 44.4 Å². The molecular formula is C32H27FN4O. The van der Waals surface area contributed by atoms with Gasteiger partial charge in [-0.15, -0.1) is 0 Å². The number of hydrogen-bond acceptors (Lipinski definition) is 5. The molecule has 4 aromatic rings. The Balaban J connectivity index is 1.68. The second-order valence-electron chi connectivity index (χ2n) is 10.5. The molecule has 188 valence electrons. The largest absolute Gasteiger partial charge is 0.293 e. The van der Waals surface area contributed by atoms with Crippen molar-refractivity contribution in [2.24, 2.45) is 11.8 Å². The summed E-state index contributed by atoms with van der Waals surface area (Å²) < 4.78 is 15.2. The molecule has 2 aliphatic rings. The third-order valence-corrected chi connectivity index (χ3v) is 8.28. The predicted molar refractivity (Wildman–Crippen MR) is 144 cm³/mol. The van der Waals surface area contributed by atoms with Crippen LogP contribution in [-0.4, -0.2) is 20.7 Å². The average molecular weight is 503 g/mol. The van der Waals surface area contributed by atoms with Gasteiger partial charge in [0, 0.05) is 45.8 Å². The van der Waals surface area contributed by atoms with Gasteiger partial charge >= 0.3 is 0 Å². The quantitative estimate of drug-likeness (QED) is 0.308. The van der Waals surface area contributed by atoms with Crippen LogP contribution in [0.5, 0.6) is 0 Å². The van der Waals surface area contributed by atoms with E-state index in [4.69, 9.17) is 9.97 Å². The lowest BCUT2D eigenvalue weighted by Gasteiger charge is -2.46. The molecule has 0 aliphatic heterocycles. The maximum atomic E-state index is 15.2. The first kappa shape index (κ1) is 24.1. The van der Waals surface area contributed by atoms with Gasteiger partial charge in [-0.25, -0.2) is 14.4 Å². The predicted octanol–water partition coefficient (Wildman–Crippen LogP) is 6.77. The molecule has 38 heavy (non-hydrogen) atoms. The Labute approximate surface area is 221 Å². The lowest BCUT2D eigenvalue weighted by molar-refractivity contribution is -0.122. The number of carbonyl (C=O) groups excluding carboxylic acids is 1. The number of benzene rings is 2. The van der Waals surface area contributed by atoms with Crippen molar-refractivity contribution < 1.29 is 9.18 Å². The standard InChI is InChI=1S/C32H27FN4O/c1-3-8-22-26-14-13-24-28(23-11-6-7-12-27(23)33)36-31(25-18-35-17-19-9-4-5-10-21(19)25)37-30(24)32(26,2)15-20(16-34)29(22)38/h4-7,9-12,15,17-18,22,26H,3,8,13-14H2,1-2H3/t22-,26-,32-/m1/s1. The second-order valence-corrected chi connectivity index (χ2v) is 10.5. The number of nitrogens with zero attached hydrogens (tertiary/aromatic N) is 4. The zero-order chi connectivity index (χ0) is 26.4. The number of rotatable bonds is 4. The number of carbonyl (C=O) groups is 1. The molecule has 2 aromatic heterocycles. The van der Waals surface area contributed by atoms with E-state index in [1.807, 2.05) is 36.4 Å². The molecule has 2 aromatic carbocycles. The van der Waals surface area contributed by atoms with Crippen LogP contribution in [0.25, 0.3) is 33.4 Å². The van der Waals surface area contributed by atoms with Gasteiger partial charge in [-0.1, -0.05) is 62.7 Å². The Morgan fingerprint density at radius 2 is 1.87 bits per heavy atom. The SMILES string of the molecule is CCC[C@H]1C(=O)C(C#N)=C[C@@]2(C)c3nc(-c4cncc5ccccc45)nc(-c4ccccc4F)c3CC[C@H]12. The molecule has 0 spiro atoms. The van der Waals surface area contributed by atoms with Gasteiger partial charge in [0.1, 0.15) is 11.9 Å². The summed E-state index contributed by atoms with van der Waals surface area (Å²) in [7, 11) is 0. The summed E-state index contributed by atoms with van der Waals surface area (Å²) in [5, 5.41) is 11.8. The smallest absolute Gasteiger partial charge is 0.176 e. The van der Waals surface area contributed by atoms with E-state index in [2.05, 4.69) is 24.9 Å². The Kier molecular flexibility index (Phi) is 5.87. The first-order valence-electron chi connectivity index (χ1n) is 13.1. The number of fused-ring (bicyclic) bond motifs is 4. The number of halogens is 1. The van der Waals surface area contributed by atoms with Crippen LogP contribution in [0.2, 0.25) is 0 Å². The van der Waals surface area contributed by atoms with Gasteiger partial charge in [-0.3, -0.25) is 9.78 Å². The number of ketones is 1. The molecule has 0 saturated carbocycles. The van der Waals surface area contributed by atoms with E-state index in [9.17, 15) is 10.1 Å². The number of nitriles is 1. The minimum atomic E-state index is -0.665. The van der Waals surface area contributed by atoms with Gasteiger partial charge in [0.15, 0.2) is 11.6 Å². The number of allylic oxidation sites excluding steroid dienone is 2. The van der Waals surface area contributed by atoms with Crippen molar-refractivity contribution in [2.75, 3.05) is 0 Å². The van der Waals surface area contributed by atoms with Crippen molar-refractivity contribution >= 4 is 16.6 Å². The Bertz CT molecular complexity index is 1660. The number of aromatic nitrogens is 3. The highest BCUT2D eigenvalue weighted by Gasteiger charge is 2.51. The van der Waals surface area contributed by atoms with Gasteiger partial charge in [0.2, 0.25) is 0 Å². The van der Waals surface area contributed by atoms with Gasteiger partial charge < -0.3 is 0 Å². The van der Waals surface area contributed by atoms with Crippen molar-refractivity contribution in [2.45, 2.75) is 44.9 Å². The maximum Gasteiger partial charge on any atom is 0.176 e. The van der Waals surface area contributed by atoms with E-state index in [0.717, 1.165) is 46.9 Å². The minimum absolute atomic E-state index is 0.00131. The van der Waals surface area contributed by atoms with Crippen LogP contribution >= 0.6 is 0 Å². The zero-order valence-corrected chi connectivity index (χ0v) is 21.4. The Hall–Kier alpha value is -4.24. The van der Waals surface area contributed by atoms with Gasteiger partial charge in [0.05, 0.1) is 17.0 Å². The number of pyridine rings is 1. The summed E-state index contributed by atoms with van der Waals surface area (Å²) in [5.74, 6) is -0.196. The molecule has 0 amide bonds. The second kappa shape index (κ2) is 9.25. The van der Waals surface area contributed by atoms with E-state index >= 15 is 4.39 Å². The highest BCUT2D eigenvalue weighted by atomic mass is 19.1. The molecule has 0 saturated heterocycles. The minimum Gasteiger partial charge on any atom is -0.293 e. The zero-order valence-electron chi connectivity index (χ0n) is 21.4. The van der Waals surface area contributed by atoms with Crippen LogP contribution in [-0.2, 0) is 16.6 Å². The summed E-state index contributed by atoms with van der Waals surface area (Å²) in [6.45, 7) is 4.14. The van der Waals surface area contributed by atoms with Crippen LogP contribution in [0.3, 0.4) is 0 Å². The molecule has 0 fully saturated rings. The summed E-state index contributed by atoms with van der Waals surface area (Å²) in [5.41, 5.74) is 2.92. The van der Waals surface area contributed by atoms with Crippen molar-refractivity contribution in [1.29, 1.82) is 5.26 Å². The van der Waals surface area contributed by atoms with Crippen molar-refractivity contribution in [1.82, 2.24) is 15.0 Å². The monoisotopic (exact) mass is 502 g/mol. The molecule has 6 heteroatoms. The van der Waals surface area contributed by atoms with Crippen molar-refractivity contribution in [3.05, 3.63) is 89.6 Å². The fourth-order valence-electron chi connectivity index (χ4n) is 6.51. The van der Waals surface area contributed by atoms with Crippen LogP contribution in [0.4, 0.5) is 4.39 Å². The molecular weight excluding hydrogens is 475 g/mol. The first-order chi connectivity index (χ1) is 18.5. The number of hydrogen-bond donors (Lipinski definition) is 0. The lowest BCUT2D eigenvalue weighted by atomic mass is 9.56. The summed E-state index contributed by atoms with van der Waals surface area (Å²) in [4.78, 5) is 27.8. The van der Waals surface area contributed by atoms with Crippen molar-refractivity contribution in [3.63, 3.8) is 0 Å². The third kappa shape index (κ3) is 3.65. The van der Waals surface area contributed by atoms with E-state index in [1.54, 1.807) is 24.5 Å². The normalized spacial score (nSPS) is 22.4. The van der Waals surface area contributed by atoms with Gasteiger partial charge in [-0.2, -0.15) is 5.26 Å². The molecule has 2 aliphatic carbocycles. The molecule has 0 bridgehead atoms. The Morgan fingerprint density at radius 1 is 1.08 bits per heavy atom. The summed E-state index contributed by atoms with van der Waals surface area (Å²) in [6.07, 6.45) is 8.32. The fraction of sp³-hybridized carbons (Fsp3) is 0.281. The van der Waals surface area contributed by atoms with Gasteiger partial charge in [0.25, 0.3) is 0 Å². The topological polar surface area (TPSA) is 79.5 Å². The molecule has 3 atom stereocenters. The highest BCUT2D eigenvalue weighted by molar-refractivity contribution is 6.02. The van der Waals surface area contributed by atoms with Crippen LogP contribution in [0.15, 0.2) is 72.6 Å². The number of Topliss-reactive ketones (excluding diaryl/α,β-unsaturated/α-hetero) is 1. The summed E-state index contributed by atoms with van der Waals surface area (Å²) >= 11 is 0. The molecule has 0 N–H and O–H groups in total. The third-order valence-electron chi connectivity index (χ3n) is 8.28. The van der Waals surface area contributed by atoms with E-state index in [0.29, 0.717) is 23.5 Å². The van der Waals surface area contributed by atoms with E-state index in [1.165, 1.54) is 6.07 Å². The van der Waals surface area contributed by atoms with Gasteiger partial charge in [-0.05, 0) is 42.7 Å². The van der Waals surface area contributed by atoms with Crippen LogP contribution in [0, 0.1) is 29.0 Å². The molecule has 5 nitrogen and oxygen atoms in total. The molecule has 0 unspecified atom stereocenters. The van der Waals surface area contributed by atoms with E-state index in [-0.39, 0.29) is 29.0 Å². The Morgan fingerprint density at radius 3 is 2.66 bits per heavy atom. The maximum absolute atomic E-state index is 15.2. The fourth-order valence-corrected chi connectivity index (χ4v) is 6.51. The first-order valence-corrected chi connectivity index (χ1v) is 13.1.